The van der Waals surface area contributed by atoms with Gasteiger partial charge < -0.3 is 4.90 Å². The Morgan fingerprint density at radius 1 is 1.33 bits per heavy atom. The SMILES string of the molecule is Cc1cc2c(cc1/C=N\NC(=O)c1cccc(I)c1)[C@@H](C)CC(C)(C)N2C. The molecule has 1 N–H and O–H groups in total. The first-order valence-electron chi connectivity index (χ1n) is 9.16. The fourth-order valence-electron chi connectivity index (χ4n) is 3.73. The molecule has 1 heterocycles. The number of halogens is 1. The van der Waals surface area contributed by atoms with Crippen LogP contribution >= 0.6 is 22.6 Å². The summed E-state index contributed by atoms with van der Waals surface area (Å²) >= 11 is 2.19. The van der Waals surface area contributed by atoms with Crippen LogP contribution in [0.3, 0.4) is 0 Å². The summed E-state index contributed by atoms with van der Waals surface area (Å²) < 4.78 is 1.02. The fourth-order valence-corrected chi connectivity index (χ4v) is 4.27. The van der Waals surface area contributed by atoms with Gasteiger partial charge in [0.25, 0.3) is 5.91 Å². The van der Waals surface area contributed by atoms with Gasteiger partial charge in [-0.1, -0.05) is 13.0 Å². The van der Waals surface area contributed by atoms with E-state index in [1.54, 1.807) is 12.3 Å². The van der Waals surface area contributed by atoms with Gasteiger partial charge in [0.15, 0.2) is 0 Å². The van der Waals surface area contributed by atoms with Gasteiger partial charge in [0.2, 0.25) is 0 Å². The molecular weight excluding hydrogens is 449 g/mol. The largest absolute Gasteiger partial charge is 0.369 e. The molecule has 1 aliphatic heterocycles. The molecule has 27 heavy (non-hydrogen) atoms. The monoisotopic (exact) mass is 475 g/mol. The summed E-state index contributed by atoms with van der Waals surface area (Å²) in [4.78, 5) is 14.6. The molecule has 0 aliphatic carbocycles. The maximum absolute atomic E-state index is 12.2. The molecule has 0 bridgehead atoms. The second-order valence-corrected chi connectivity index (χ2v) is 9.20. The highest BCUT2D eigenvalue weighted by molar-refractivity contribution is 14.1. The first-order valence-corrected chi connectivity index (χ1v) is 10.2. The number of carbonyl (C=O) groups is 1. The standard InChI is InChI=1S/C22H26IN3O/c1-14-9-20-19(15(2)12-22(3,4)26(20)5)11-17(14)13-24-25-21(27)16-7-6-8-18(23)10-16/h6-11,13,15H,12H2,1-5H3,(H,25,27)/b24-13-/t15-/m0/s1. The van der Waals surface area contributed by atoms with Crippen LogP contribution in [0.1, 0.15) is 60.2 Å². The molecule has 2 aromatic rings. The smallest absolute Gasteiger partial charge is 0.271 e. The van der Waals surface area contributed by atoms with Crippen molar-refractivity contribution in [1.29, 1.82) is 0 Å². The summed E-state index contributed by atoms with van der Waals surface area (Å²) in [6.45, 7) is 8.95. The van der Waals surface area contributed by atoms with Crippen LogP contribution in [0.4, 0.5) is 5.69 Å². The van der Waals surface area contributed by atoms with Crippen molar-refractivity contribution in [3.63, 3.8) is 0 Å². The van der Waals surface area contributed by atoms with Gasteiger partial charge in [0, 0.05) is 27.4 Å². The predicted octanol–water partition coefficient (Wildman–Crippen LogP) is 5.09. The highest BCUT2D eigenvalue weighted by Crippen LogP contribution is 2.43. The van der Waals surface area contributed by atoms with E-state index in [0.29, 0.717) is 11.5 Å². The maximum Gasteiger partial charge on any atom is 0.271 e. The van der Waals surface area contributed by atoms with Crippen molar-refractivity contribution >= 4 is 40.4 Å². The molecule has 5 heteroatoms. The highest BCUT2D eigenvalue weighted by atomic mass is 127. The van der Waals surface area contributed by atoms with Crippen LogP contribution in [0.25, 0.3) is 0 Å². The van der Waals surface area contributed by atoms with Crippen molar-refractivity contribution in [3.05, 3.63) is 62.2 Å². The first kappa shape index (κ1) is 19.9. The molecule has 3 rings (SSSR count). The van der Waals surface area contributed by atoms with Gasteiger partial charge in [-0.2, -0.15) is 5.10 Å². The van der Waals surface area contributed by atoms with Crippen molar-refractivity contribution < 1.29 is 4.79 Å². The Balaban J connectivity index is 1.81. The molecule has 0 spiro atoms. The molecule has 2 aromatic carbocycles. The normalized spacial score (nSPS) is 18.4. The summed E-state index contributed by atoms with van der Waals surface area (Å²) in [7, 11) is 2.17. The van der Waals surface area contributed by atoms with Crippen LogP contribution in [-0.4, -0.2) is 24.7 Å². The van der Waals surface area contributed by atoms with E-state index in [4.69, 9.17) is 0 Å². The van der Waals surface area contributed by atoms with Gasteiger partial charge in [0.05, 0.1) is 6.21 Å². The third kappa shape index (κ3) is 4.18. The molecule has 1 amide bonds. The van der Waals surface area contributed by atoms with Crippen LogP contribution in [0.15, 0.2) is 41.5 Å². The molecular formula is C22H26IN3O. The van der Waals surface area contributed by atoms with Crippen LogP contribution in [0, 0.1) is 10.5 Å². The Kier molecular flexibility index (Phi) is 5.60. The number of amides is 1. The predicted molar refractivity (Wildman–Crippen MR) is 121 cm³/mol. The average molecular weight is 475 g/mol. The zero-order valence-corrected chi connectivity index (χ0v) is 18.7. The second kappa shape index (κ2) is 7.62. The molecule has 0 saturated heterocycles. The van der Waals surface area contributed by atoms with Gasteiger partial charge in [-0.05, 0) is 103 Å². The minimum atomic E-state index is -0.199. The van der Waals surface area contributed by atoms with Crippen LogP contribution in [-0.2, 0) is 0 Å². The molecule has 0 radical (unpaired) electrons. The van der Waals surface area contributed by atoms with Gasteiger partial charge in [-0.25, -0.2) is 5.43 Å². The summed E-state index contributed by atoms with van der Waals surface area (Å²) in [6.07, 6.45) is 2.85. The van der Waals surface area contributed by atoms with E-state index in [2.05, 4.69) is 84.9 Å². The Bertz CT molecular complexity index is 904. The molecule has 0 fully saturated rings. The third-order valence-electron chi connectivity index (χ3n) is 5.48. The quantitative estimate of drug-likeness (QED) is 0.382. The van der Waals surface area contributed by atoms with Crippen LogP contribution < -0.4 is 10.3 Å². The van der Waals surface area contributed by atoms with E-state index < -0.39 is 0 Å². The van der Waals surface area contributed by atoms with E-state index in [0.717, 1.165) is 21.1 Å². The number of benzene rings is 2. The Morgan fingerprint density at radius 3 is 2.78 bits per heavy atom. The minimum Gasteiger partial charge on any atom is -0.369 e. The number of anilines is 1. The van der Waals surface area contributed by atoms with Crippen molar-refractivity contribution in [2.45, 2.75) is 45.6 Å². The Labute approximate surface area is 175 Å². The molecule has 4 nitrogen and oxygen atoms in total. The lowest BCUT2D eigenvalue weighted by Gasteiger charge is -2.45. The van der Waals surface area contributed by atoms with E-state index in [9.17, 15) is 4.79 Å². The molecule has 0 aromatic heterocycles. The Morgan fingerprint density at radius 2 is 2.07 bits per heavy atom. The summed E-state index contributed by atoms with van der Waals surface area (Å²) in [5.74, 6) is 0.287. The molecule has 1 atom stereocenters. The summed E-state index contributed by atoms with van der Waals surface area (Å²) in [5, 5.41) is 4.19. The van der Waals surface area contributed by atoms with Crippen LogP contribution in [0.2, 0.25) is 0 Å². The number of hydrazone groups is 1. The third-order valence-corrected chi connectivity index (χ3v) is 6.15. The van der Waals surface area contributed by atoms with Crippen molar-refractivity contribution in [3.8, 4) is 0 Å². The van der Waals surface area contributed by atoms with Gasteiger partial charge >= 0.3 is 0 Å². The van der Waals surface area contributed by atoms with E-state index in [-0.39, 0.29) is 11.4 Å². The molecule has 1 aliphatic rings. The zero-order valence-electron chi connectivity index (χ0n) is 16.5. The number of nitrogens with one attached hydrogen (secondary N) is 1. The fraction of sp³-hybridized carbons (Fsp3) is 0.364. The summed E-state index contributed by atoms with van der Waals surface area (Å²) in [6, 6.07) is 11.9. The van der Waals surface area contributed by atoms with Crippen LogP contribution in [0.5, 0.6) is 0 Å². The van der Waals surface area contributed by atoms with E-state index >= 15 is 0 Å². The van der Waals surface area contributed by atoms with Crippen molar-refractivity contribution in [2.24, 2.45) is 5.10 Å². The number of hydrogen-bond acceptors (Lipinski definition) is 3. The maximum atomic E-state index is 12.2. The van der Waals surface area contributed by atoms with Crippen molar-refractivity contribution in [2.75, 3.05) is 11.9 Å². The lowest BCUT2D eigenvalue weighted by atomic mass is 9.79. The number of fused-ring (bicyclic) bond motifs is 1. The summed E-state index contributed by atoms with van der Waals surface area (Å²) in [5.41, 5.74) is 8.21. The van der Waals surface area contributed by atoms with E-state index in [1.165, 1.54) is 11.3 Å². The second-order valence-electron chi connectivity index (χ2n) is 7.95. The average Bonchev–Trinajstić information content (AvgIpc) is 2.60. The van der Waals surface area contributed by atoms with Crippen molar-refractivity contribution in [1.82, 2.24) is 5.43 Å². The highest BCUT2D eigenvalue weighted by Gasteiger charge is 2.34. The molecule has 0 unspecified atom stereocenters. The Hall–Kier alpha value is -1.89. The molecule has 142 valence electrons. The topological polar surface area (TPSA) is 44.7 Å². The number of carbonyl (C=O) groups excluding carboxylic acids is 1. The molecule has 0 saturated carbocycles. The lowest BCUT2D eigenvalue weighted by molar-refractivity contribution is 0.0955. The van der Waals surface area contributed by atoms with Gasteiger partial charge in [0.1, 0.15) is 0 Å². The number of nitrogens with zero attached hydrogens (tertiary/aromatic N) is 2. The number of hydrogen-bond donors (Lipinski definition) is 1. The van der Waals surface area contributed by atoms with E-state index in [1.807, 2.05) is 18.2 Å². The zero-order chi connectivity index (χ0) is 19.8. The lowest BCUT2D eigenvalue weighted by Crippen LogP contribution is -2.45. The number of aryl methyl sites for hydroxylation is 1. The number of rotatable bonds is 3. The van der Waals surface area contributed by atoms with Gasteiger partial charge in [-0.3, -0.25) is 4.79 Å². The first-order chi connectivity index (χ1) is 12.7. The minimum absolute atomic E-state index is 0.148. The van der Waals surface area contributed by atoms with Gasteiger partial charge in [-0.15, -0.1) is 0 Å².